The van der Waals surface area contributed by atoms with Crippen LogP contribution in [0, 0.1) is 12.7 Å². The number of carbonyl (C=O) groups is 1. The summed E-state index contributed by atoms with van der Waals surface area (Å²) in [4.78, 5) is 19.3. The molecule has 5 heteroatoms. The van der Waals surface area contributed by atoms with Crippen molar-refractivity contribution < 1.29 is 9.18 Å². The largest absolute Gasteiger partial charge is 0.355 e. The van der Waals surface area contributed by atoms with Crippen LogP contribution < -0.4 is 5.32 Å². The molecule has 142 valence electrons. The number of benzene rings is 2. The number of hydrogen-bond donors (Lipinski definition) is 1. The summed E-state index contributed by atoms with van der Waals surface area (Å²) in [7, 11) is 0. The first-order chi connectivity index (χ1) is 13.6. The highest BCUT2D eigenvalue weighted by Gasteiger charge is 2.29. The Labute approximate surface area is 164 Å². The third-order valence-electron chi connectivity index (χ3n) is 5.00. The first kappa shape index (κ1) is 18.2. The van der Waals surface area contributed by atoms with Gasteiger partial charge in [0.15, 0.2) is 0 Å². The quantitative estimate of drug-likeness (QED) is 0.705. The maximum atomic E-state index is 13.4. The molecule has 4 nitrogen and oxygen atoms in total. The molecule has 1 aromatic heterocycles. The van der Waals surface area contributed by atoms with Gasteiger partial charge in [0, 0.05) is 47.3 Å². The highest BCUT2D eigenvalue weighted by molar-refractivity contribution is 5.94. The molecule has 0 aliphatic carbocycles. The van der Waals surface area contributed by atoms with Gasteiger partial charge in [-0.25, -0.2) is 4.39 Å². The van der Waals surface area contributed by atoms with Crippen molar-refractivity contribution in [3.05, 3.63) is 89.5 Å². The molecular formula is C23H22FN3O. The molecular weight excluding hydrogens is 353 g/mol. The average Bonchev–Trinajstić information content (AvgIpc) is 3.18. The number of nitrogens with zero attached hydrogens (tertiary/aromatic N) is 2. The Morgan fingerprint density at radius 2 is 1.89 bits per heavy atom. The minimum atomic E-state index is -0.276. The van der Waals surface area contributed by atoms with E-state index in [1.807, 2.05) is 60.4 Å². The molecule has 0 unspecified atom stereocenters. The molecule has 1 N–H and O–H groups in total. The number of hydrogen-bond acceptors (Lipinski definition) is 3. The van der Waals surface area contributed by atoms with E-state index in [1.54, 1.807) is 6.07 Å². The lowest BCUT2D eigenvalue weighted by Gasteiger charge is -2.17. The topological polar surface area (TPSA) is 45.2 Å². The van der Waals surface area contributed by atoms with Gasteiger partial charge in [0.05, 0.1) is 0 Å². The van der Waals surface area contributed by atoms with Crippen molar-refractivity contribution in [2.75, 3.05) is 18.4 Å². The second-order valence-corrected chi connectivity index (χ2v) is 7.16. The van der Waals surface area contributed by atoms with Crippen LogP contribution in [0.2, 0.25) is 0 Å². The summed E-state index contributed by atoms with van der Waals surface area (Å²) < 4.78 is 13.4. The summed E-state index contributed by atoms with van der Waals surface area (Å²) >= 11 is 0. The van der Waals surface area contributed by atoms with Crippen LogP contribution in [0.15, 0.2) is 66.7 Å². The Balaban J connectivity index is 1.50. The van der Waals surface area contributed by atoms with E-state index in [2.05, 4.69) is 10.3 Å². The van der Waals surface area contributed by atoms with Crippen LogP contribution >= 0.6 is 0 Å². The lowest BCUT2D eigenvalue weighted by atomic mass is 10.0. The van der Waals surface area contributed by atoms with Crippen LogP contribution in [0.5, 0.6) is 0 Å². The summed E-state index contributed by atoms with van der Waals surface area (Å²) in [5.41, 5.74) is 4.14. The first-order valence-electron chi connectivity index (χ1n) is 9.44. The van der Waals surface area contributed by atoms with Gasteiger partial charge < -0.3 is 10.2 Å². The fraction of sp³-hybridized carbons (Fsp3) is 0.217. The fourth-order valence-electron chi connectivity index (χ4n) is 3.66. The zero-order chi connectivity index (χ0) is 19.5. The van der Waals surface area contributed by atoms with E-state index in [4.69, 9.17) is 0 Å². The van der Waals surface area contributed by atoms with Gasteiger partial charge in [-0.05, 0) is 55.8 Å². The molecule has 28 heavy (non-hydrogen) atoms. The maximum absolute atomic E-state index is 13.4. The molecule has 3 aromatic rings. The van der Waals surface area contributed by atoms with Crippen molar-refractivity contribution in [2.45, 2.75) is 19.3 Å². The van der Waals surface area contributed by atoms with Crippen molar-refractivity contribution in [2.24, 2.45) is 0 Å². The Kier molecular flexibility index (Phi) is 5.06. The molecule has 1 fully saturated rings. The molecule has 0 radical (unpaired) electrons. The number of pyridine rings is 1. The number of halogens is 1. The number of aryl methyl sites for hydroxylation is 1. The number of aromatic nitrogens is 1. The predicted molar refractivity (Wildman–Crippen MR) is 108 cm³/mol. The van der Waals surface area contributed by atoms with Crippen molar-refractivity contribution >= 4 is 17.3 Å². The summed E-state index contributed by atoms with van der Waals surface area (Å²) in [5.74, 6) is -0.0173. The molecule has 1 amide bonds. The molecule has 2 aromatic carbocycles. The Bertz CT molecular complexity index is 990. The van der Waals surface area contributed by atoms with Gasteiger partial charge in [0.25, 0.3) is 5.91 Å². The van der Waals surface area contributed by atoms with E-state index in [0.717, 1.165) is 30.0 Å². The van der Waals surface area contributed by atoms with E-state index in [1.165, 1.54) is 12.1 Å². The molecule has 1 aliphatic rings. The number of likely N-dealkylation sites (tertiary alicyclic amines) is 1. The predicted octanol–water partition coefficient (Wildman–Crippen LogP) is 4.90. The molecule has 1 aliphatic heterocycles. The molecule has 1 saturated heterocycles. The summed E-state index contributed by atoms with van der Waals surface area (Å²) in [6, 6.07) is 19.7. The fourth-order valence-corrected chi connectivity index (χ4v) is 3.66. The molecule has 0 spiro atoms. The summed E-state index contributed by atoms with van der Waals surface area (Å²) in [5, 5.41) is 3.25. The maximum Gasteiger partial charge on any atom is 0.253 e. The third-order valence-corrected chi connectivity index (χ3v) is 5.00. The smallest absolute Gasteiger partial charge is 0.253 e. The monoisotopic (exact) mass is 375 g/mol. The highest BCUT2D eigenvalue weighted by Crippen LogP contribution is 2.30. The number of nitrogens with one attached hydrogen (secondary N) is 1. The number of rotatable bonds is 4. The molecule has 1 atom stereocenters. The highest BCUT2D eigenvalue weighted by atomic mass is 19.1. The molecule has 4 rings (SSSR count). The average molecular weight is 375 g/mol. The van der Waals surface area contributed by atoms with E-state index < -0.39 is 0 Å². The Morgan fingerprint density at radius 3 is 2.68 bits per heavy atom. The summed E-state index contributed by atoms with van der Waals surface area (Å²) in [6.07, 6.45) is 0.883. The minimum Gasteiger partial charge on any atom is -0.355 e. The van der Waals surface area contributed by atoms with Crippen LogP contribution in [0.4, 0.5) is 15.8 Å². The summed E-state index contributed by atoms with van der Waals surface area (Å²) in [6.45, 7) is 3.33. The Hall–Kier alpha value is -3.21. The SMILES string of the molecule is Cc1cc(Nc2cccc(F)c2)cc([C@H]2CCN(C(=O)c3ccccc3)C2)n1. The van der Waals surface area contributed by atoms with E-state index in [0.29, 0.717) is 17.8 Å². The van der Waals surface area contributed by atoms with E-state index in [9.17, 15) is 9.18 Å². The number of anilines is 2. The van der Waals surface area contributed by atoms with Crippen LogP contribution in [0.3, 0.4) is 0 Å². The Morgan fingerprint density at radius 1 is 1.07 bits per heavy atom. The van der Waals surface area contributed by atoms with Gasteiger partial charge in [0.1, 0.15) is 5.82 Å². The second kappa shape index (κ2) is 7.80. The molecule has 2 heterocycles. The van der Waals surface area contributed by atoms with Crippen LogP contribution in [-0.2, 0) is 0 Å². The van der Waals surface area contributed by atoms with Crippen molar-refractivity contribution in [1.29, 1.82) is 0 Å². The minimum absolute atomic E-state index is 0.0638. The van der Waals surface area contributed by atoms with Gasteiger partial charge in [0.2, 0.25) is 0 Å². The zero-order valence-corrected chi connectivity index (χ0v) is 15.7. The lowest BCUT2D eigenvalue weighted by Crippen LogP contribution is -2.28. The molecule has 0 bridgehead atoms. The van der Waals surface area contributed by atoms with E-state index in [-0.39, 0.29) is 17.6 Å². The van der Waals surface area contributed by atoms with Crippen LogP contribution in [0.1, 0.15) is 34.1 Å². The lowest BCUT2D eigenvalue weighted by molar-refractivity contribution is 0.0790. The second-order valence-electron chi connectivity index (χ2n) is 7.16. The zero-order valence-electron chi connectivity index (χ0n) is 15.7. The van der Waals surface area contributed by atoms with Crippen LogP contribution in [-0.4, -0.2) is 28.9 Å². The first-order valence-corrected chi connectivity index (χ1v) is 9.44. The van der Waals surface area contributed by atoms with E-state index >= 15 is 0 Å². The van der Waals surface area contributed by atoms with Gasteiger partial charge in [-0.15, -0.1) is 0 Å². The number of amides is 1. The van der Waals surface area contributed by atoms with Crippen molar-refractivity contribution in [3.63, 3.8) is 0 Å². The van der Waals surface area contributed by atoms with Crippen molar-refractivity contribution in [1.82, 2.24) is 9.88 Å². The normalized spacial score (nSPS) is 16.2. The van der Waals surface area contributed by atoms with Gasteiger partial charge in [-0.3, -0.25) is 9.78 Å². The van der Waals surface area contributed by atoms with Crippen molar-refractivity contribution in [3.8, 4) is 0 Å². The van der Waals surface area contributed by atoms with Gasteiger partial charge >= 0.3 is 0 Å². The standard InChI is InChI=1S/C23H22FN3O/c1-16-12-21(26-20-9-5-8-19(24)13-20)14-22(25-16)18-10-11-27(15-18)23(28)17-6-3-2-4-7-17/h2-9,12-14,18H,10-11,15H2,1H3,(H,25,26)/t18-/m0/s1. The van der Waals surface area contributed by atoms with Gasteiger partial charge in [-0.1, -0.05) is 24.3 Å². The van der Waals surface area contributed by atoms with Crippen LogP contribution in [0.25, 0.3) is 0 Å². The third kappa shape index (κ3) is 4.03. The number of carbonyl (C=O) groups excluding carboxylic acids is 1. The van der Waals surface area contributed by atoms with Gasteiger partial charge in [-0.2, -0.15) is 0 Å². The molecule has 0 saturated carbocycles.